The molecule has 7 nitrogen and oxygen atoms in total. The average molecular weight is 421 g/mol. The molecule has 160 valence electrons. The molecule has 2 aliphatic heterocycles. The third kappa shape index (κ3) is 6.29. The van der Waals surface area contributed by atoms with Crippen molar-refractivity contribution in [1.82, 2.24) is 14.7 Å². The fraction of sp³-hybridized carbons (Fsp3) is 0.619. The molecule has 2 saturated heterocycles. The maximum atomic E-state index is 11.7. The maximum absolute atomic E-state index is 11.7. The van der Waals surface area contributed by atoms with Crippen molar-refractivity contribution in [2.45, 2.75) is 25.8 Å². The van der Waals surface area contributed by atoms with E-state index in [1.807, 2.05) is 29.2 Å². The molecular weight excluding hydrogens is 388 g/mol. The molecule has 0 radical (unpaired) electrons. The van der Waals surface area contributed by atoms with E-state index in [1.54, 1.807) is 14.0 Å². The lowest BCUT2D eigenvalue weighted by molar-refractivity contribution is -0.130. The van der Waals surface area contributed by atoms with Crippen LogP contribution in [0.3, 0.4) is 0 Å². The monoisotopic (exact) mass is 420 g/mol. The summed E-state index contributed by atoms with van der Waals surface area (Å²) in [7, 11) is 1.66. The minimum atomic E-state index is 0.153. The van der Waals surface area contributed by atoms with Crippen molar-refractivity contribution in [3.05, 3.63) is 24.3 Å². The number of thiocarbonyl (C=S) groups is 1. The van der Waals surface area contributed by atoms with E-state index in [1.165, 1.54) is 0 Å². The molecule has 0 saturated carbocycles. The van der Waals surface area contributed by atoms with Crippen molar-refractivity contribution in [3.8, 4) is 5.75 Å². The van der Waals surface area contributed by atoms with Crippen molar-refractivity contribution in [3.63, 3.8) is 0 Å². The largest absolute Gasteiger partial charge is 0.497 e. The van der Waals surface area contributed by atoms with Gasteiger partial charge in [0.25, 0.3) is 0 Å². The van der Waals surface area contributed by atoms with Gasteiger partial charge in [0.2, 0.25) is 5.91 Å². The number of carbonyl (C=O) groups is 1. The molecule has 3 rings (SSSR count). The predicted molar refractivity (Wildman–Crippen MR) is 118 cm³/mol. The zero-order chi connectivity index (χ0) is 20.6. The molecular formula is C21H32N4O3S. The molecule has 1 N–H and O–H groups in total. The zero-order valence-electron chi connectivity index (χ0n) is 17.4. The highest BCUT2D eigenvalue weighted by atomic mass is 32.1. The van der Waals surface area contributed by atoms with E-state index in [4.69, 9.17) is 21.7 Å². The van der Waals surface area contributed by atoms with Crippen molar-refractivity contribution < 1.29 is 14.3 Å². The highest BCUT2D eigenvalue weighted by Gasteiger charge is 2.27. The number of likely N-dealkylation sites (tertiary alicyclic amines) is 1. The van der Waals surface area contributed by atoms with Crippen LogP contribution in [-0.4, -0.2) is 91.4 Å². The third-order valence-corrected chi connectivity index (χ3v) is 6.03. The highest BCUT2D eigenvalue weighted by Crippen LogP contribution is 2.21. The second-order valence-electron chi connectivity index (χ2n) is 7.55. The number of nitrogens with one attached hydrogen (secondary N) is 1. The first-order valence-corrected chi connectivity index (χ1v) is 10.7. The predicted octanol–water partition coefficient (Wildman–Crippen LogP) is 2.04. The van der Waals surface area contributed by atoms with Crippen LogP contribution in [0.15, 0.2) is 24.3 Å². The van der Waals surface area contributed by atoms with Crippen molar-refractivity contribution in [2.75, 3.05) is 64.9 Å². The number of amides is 1. The number of hydrogen-bond acceptors (Lipinski definition) is 5. The van der Waals surface area contributed by atoms with Crippen LogP contribution in [0.1, 0.15) is 19.8 Å². The van der Waals surface area contributed by atoms with Gasteiger partial charge in [-0.15, -0.1) is 0 Å². The fourth-order valence-corrected chi connectivity index (χ4v) is 4.27. The summed E-state index contributed by atoms with van der Waals surface area (Å²) < 4.78 is 10.8. The molecule has 1 aromatic carbocycles. The number of benzene rings is 1. The highest BCUT2D eigenvalue weighted by molar-refractivity contribution is 7.80. The number of rotatable bonds is 6. The summed E-state index contributed by atoms with van der Waals surface area (Å²) in [5, 5.41) is 4.12. The van der Waals surface area contributed by atoms with Crippen LogP contribution in [0.25, 0.3) is 0 Å². The molecule has 1 aromatic rings. The van der Waals surface area contributed by atoms with E-state index in [9.17, 15) is 4.79 Å². The number of carbonyl (C=O) groups excluding carboxylic acids is 1. The average Bonchev–Trinajstić information content (AvgIpc) is 2.75. The Kier molecular flexibility index (Phi) is 8.09. The van der Waals surface area contributed by atoms with E-state index in [-0.39, 0.29) is 5.91 Å². The quantitative estimate of drug-likeness (QED) is 0.707. The molecule has 0 aromatic heterocycles. The summed E-state index contributed by atoms with van der Waals surface area (Å²) in [5.74, 6) is 0.952. The standard InChI is InChI=1S/C21H32N4O3S/c1-17(26)24-8-6-19(7-9-24)25(11-10-23-12-14-28-15-13-23)21(29)22-18-4-3-5-20(16-18)27-2/h3-5,16,19H,6-15H2,1-2H3,(H,22,29). The van der Waals surface area contributed by atoms with Gasteiger partial charge >= 0.3 is 0 Å². The lowest BCUT2D eigenvalue weighted by atomic mass is 10.0. The first kappa shape index (κ1) is 21.8. The van der Waals surface area contributed by atoms with Crippen LogP contribution in [0, 0.1) is 0 Å². The smallest absolute Gasteiger partial charge is 0.219 e. The Bertz CT molecular complexity index is 688. The third-order valence-electron chi connectivity index (χ3n) is 5.69. The lowest BCUT2D eigenvalue weighted by Gasteiger charge is -2.40. The summed E-state index contributed by atoms with van der Waals surface area (Å²) in [6.07, 6.45) is 1.87. The van der Waals surface area contributed by atoms with Gasteiger partial charge in [-0.3, -0.25) is 9.69 Å². The molecule has 2 aliphatic rings. The number of ether oxygens (including phenoxy) is 2. The van der Waals surface area contributed by atoms with Crippen LogP contribution in [0.5, 0.6) is 5.75 Å². The summed E-state index contributed by atoms with van der Waals surface area (Å²) in [4.78, 5) is 18.3. The number of hydrogen-bond donors (Lipinski definition) is 1. The molecule has 2 fully saturated rings. The van der Waals surface area contributed by atoms with Crippen LogP contribution < -0.4 is 10.1 Å². The first-order chi connectivity index (χ1) is 14.1. The van der Waals surface area contributed by atoms with Crippen LogP contribution >= 0.6 is 12.2 Å². The Morgan fingerprint density at radius 1 is 1.28 bits per heavy atom. The Hall–Kier alpha value is -1.90. The molecule has 1 amide bonds. The minimum absolute atomic E-state index is 0.153. The van der Waals surface area contributed by atoms with Gasteiger partial charge in [0.15, 0.2) is 5.11 Å². The Labute approximate surface area is 178 Å². The second-order valence-corrected chi connectivity index (χ2v) is 7.93. The van der Waals surface area contributed by atoms with Gasteiger partial charge in [-0.25, -0.2) is 0 Å². The molecule has 0 atom stereocenters. The van der Waals surface area contributed by atoms with Gasteiger partial charge < -0.3 is 24.6 Å². The number of methoxy groups -OCH3 is 1. The number of anilines is 1. The van der Waals surface area contributed by atoms with E-state index in [0.717, 1.165) is 81.9 Å². The molecule has 0 aliphatic carbocycles. The normalized spacial score (nSPS) is 18.3. The van der Waals surface area contributed by atoms with Crippen molar-refractivity contribution in [1.29, 1.82) is 0 Å². The molecule has 0 unspecified atom stereocenters. The number of morpholine rings is 1. The molecule has 0 spiro atoms. The Balaban J connectivity index is 1.65. The molecule has 2 heterocycles. The van der Waals surface area contributed by atoms with Crippen LogP contribution in [-0.2, 0) is 9.53 Å². The Morgan fingerprint density at radius 3 is 2.66 bits per heavy atom. The first-order valence-electron chi connectivity index (χ1n) is 10.3. The van der Waals surface area contributed by atoms with E-state index in [0.29, 0.717) is 6.04 Å². The van der Waals surface area contributed by atoms with Gasteiger partial charge in [0.05, 0.1) is 20.3 Å². The Morgan fingerprint density at radius 2 is 2.00 bits per heavy atom. The van der Waals surface area contributed by atoms with Gasteiger partial charge in [0, 0.05) is 64.0 Å². The second kappa shape index (κ2) is 10.8. The number of piperidine rings is 1. The van der Waals surface area contributed by atoms with Gasteiger partial charge in [-0.1, -0.05) is 6.07 Å². The van der Waals surface area contributed by atoms with Gasteiger partial charge in [-0.05, 0) is 37.2 Å². The summed E-state index contributed by atoms with van der Waals surface area (Å²) in [6.45, 7) is 8.56. The van der Waals surface area contributed by atoms with Crippen molar-refractivity contribution in [2.24, 2.45) is 0 Å². The maximum Gasteiger partial charge on any atom is 0.219 e. The fourth-order valence-electron chi connectivity index (χ4n) is 3.91. The van der Waals surface area contributed by atoms with E-state index >= 15 is 0 Å². The lowest BCUT2D eigenvalue weighted by Crippen LogP contribution is -2.52. The molecule has 0 bridgehead atoms. The molecule has 8 heteroatoms. The van der Waals surface area contributed by atoms with E-state index in [2.05, 4.69) is 15.1 Å². The van der Waals surface area contributed by atoms with Crippen LogP contribution in [0.4, 0.5) is 5.69 Å². The topological polar surface area (TPSA) is 57.3 Å². The SMILES string of the molecule is COc1cccc(NC(=S)N(CCN2CCOCC2)C2CCN(C(C)=O)CC2)c1. The minimum Gasteiger partial charge on any atom is -0.497 e. The molecule has 29 heavy (non-hydrogen) atoms. The summed E-state index contributed by atoms with van der Waals surface area (Å²) in [5.41, 5.74) is 0.923. The van der Waals surface area contributed by atoms with Gasteiger partial charge in [0.1, 0.15) is 5.75 Å². The summed E-state index contributed by atoms with van der Waals surface area (Å²) in [6, 6.07) is 8.14. The summed E-state index contributed by atoms with van der Waals surface area (Å²) >= 11 is 5.82. The van der Waals surface area contributed by atoms with Crippen LogP contribution in [0.2, 0.25) is 0 Å². The zero-order valence-corrected chi connectivity index (χ0v) is 18.2. The van der Waals surface area contributed by atoms with E-state index < -0.39 is 0 Å². The number of nitrogens with zero attached hydrogens (tertiary/aromatic N) is 3. The van der Waals surface area contributed by atoms with Crippen molar-refractivity contribution >= 4 is 28.9 Å². The van der Waals surface area contributed by atoms with Gasteiger partial charge in [-0.2, -0.15) is 0 Å².